The minimum atomic E-state index is -1.02. The molecular formula is C31H28N4O4S2. The van der Waals surface area contributed by atoms with Crippen molar-refractivity contribution in [2.75, 3.05) is 23.4 Å². The van der Waals surface area contributed by atoms with Gasteiger partial charge in [-0.05, 0) is 67.1 Å². The molecule has 6 rings (SSSR count). The molecule has 0 atom stereocenters. The summed E-state index contributed by atoms with van der Waals surface area (Å²) in [5, 5.41) is 14.0. The Morgan fingerprint density at radius 2 is 1.78 bits per heavy atom. The number of anilines is 2. The van der Waals surface area contributed by atoms with E-state index in [-0.39, 0.29) is 11.6 Å². The first-order valence-corrected chi connectivity index (χ1v) is 15.1. The summed E-state index contributed by atoms with van der Waals surface area (Å²) in [6.45, 7) is 1.76. The number of benzene rings is 3. The third-order valence-electron chi connectivity index (χ3n) is 7.00. The zero-order valence-electron chi connectivity index (χ0n) is 22.2. The predicted molar refractivity (Wildman–Crippen MR) is 163 cm³/mol. The number of thiazole rings is 2. The van der Waals surface area contributed by atoms with Crippen LogP contribution in [0.15, 0.2) is 72.8 Å². The lowest BCUT2D eigenvalue weighted by molar-refractivity contribution is 0.0690. The lowest BCUT2D eigenvalue weighted by Crippen LogP contribution is -2.32. The van der Waals surface area contributed by atoms with Gasteiger partial charge in [0, 0.05) is 23.5 Å². The van der Waals surface area contributed by atoms with E-state index in [0.717, 1.165) is 51.2 Å². The molecular weight excluding hydrogens is 556 g/mol. The number of aromatic carboxylic acids is 1. The second-order valence-electron chi connectivity index (χ2n) is 9.75. The predicted octanol–water partition coefficient (Wildman–Crippen LogP) is 6.67. The number of unbranched alkanes of at least 4 members (excludes halogenated alkanes) is 1. The Morgan fingerprint density at radius 1 is 0.951 bits per heavy atom. The van der Waals surface area contributed by atoms with E-state index < -0.39 is 5.97 Å². The Labute approximate surface area is 245 Å². The van der Waals surface area contributed by atoms with Gasteiger partial charge < -0.3 is 14.7 Å². The van der Waals surface area contributed by atoms with Crippen molar-refractivity contribution in [3.63, 3.8) is 0 Å². The number of hydrogen-bond acceptors (Lipinski definition) is 8. The number of aromatic nitrogens is 2. The fourth-order valence-corrected chi connectivity index (χ4v) is 6.93. The maximum Gasteiger partial charge on any atom is 0.355 e. The molecule has 0 radical (unpaired) electrons. The highest BCUT2D eigenvalue weighted by molar-refractivity contribution is 7.22. The number of nitrogens with zero attached hydrogens (tertiary/aromatic N) is 3. The van der Waals surface area contributed by atoms with Crippen molar-refractivity contribution in [3.05, 3.63) is 100 Å². The molecule has 3 aromatic carbocycles. The summed E-state index contributed by atoms with van der Waals surface area (Å²) < 4.78 is 6.78. The number of para-hydroxylation sites is 2. The number of carbonyl (C=O) groups excluding carboxylic acids is 1. The third-order valence-corrected chi connectivity index (χ3v) is 9.13. The highest BCUT2D eigenvalue weighted by atomic mass is 32.1. The van der Waals surface area contributed by atoms with Crippen LogP contribution in [0, 0.1) is 0 Å². The number of nitrogens with one attached hydrogen (secondary N) is 1. The van der Waals surface area contributed by atoms with Gasteiger partial charge in [-0.25, -0.2) is 14.8 Å². The molecule has 1 aliphatic heterocycles. The van der Waals surface area contributed by atoms with Crippen molar-refractivity contribution >= 4 is 55.0 Å². The van der Waals surface area contributed by atoms with E-state index in [1.807, 2.05) is 66.7 Å². The van der Waals surface area contributed by atoms with Crippen molar-refractivity contribution in [1.82, 2.24) is 9.97 Å². The first kappa shape index (κ1) is 26.9. The minimum absolute atomic E-state index is 0.113. The molecule has 1 aliphatic rings. The molecule has 3 heterocycles. The zero-order chi connectivity index (χ0) is 28.2. The molecule has 5 aromatic rings. The SMILES string of the molecule is O=C(Nc1nc2ccccc2s1)c1cccc2c1CN(c1nc(C(=O)O)c(CCCCOc3ccccc3)s1)CC2. The molecule has 0 fully saturated rings. The van der Waals surface area contributed by atoms with Crippen LogP contribution in [-0.4, -0.2) is 40.1 Å². The van der Waals surface area contributed by atoms with Crippen LogP contribution in [0.3, 0.4) is 0 Å². The molecule has 2 aromatic heterocycles. The first-order chi connectivity index (χ1) is 20.0. The van der Waals surface area contributed by atoms with E-state index in [4.69, 9.17) is 4.74 Å². The van der Waals surface area contributed by atoms with E-state index in [2.05, 4.69) is 26.3 Å². The normalized spacial score (nSPS) is 12.7. The lowest BCUT2D eigenvalue weighted by Gasteiger charge is -2.29. The van der Waals surface area contributed by atoms with Gasteiger partial charge in [0.25, 0.3) is 5.91 Å². The molecule has 0 unspecified atom stereocenters. The largest absolute Gasteiger partial charge is 0.494 e. The van der Waals surface area contributed by atoms with Gasteiger partial charge in [-0.1, -0.05) is 53.8 Å². The molecule has 208 valence electrons. The summed E-state index contributed by atoms with van der Waals surface area (Å²) in [5.41, 5.74) is 3.62. The Kier molecular flexibility index (Phi) is 7.93. The number of amides is 1. The maximum absolute atomic E-state index is 13.4. The van der Waals surface area contributed by atoms with Crippen molar-refractivity contribution in [3.8, 4) is 5.75 Å². The van der Waals surface area contributed by atoms with Gasteiger partial charge in [0.1, 0.15) is 5.75 Å². The number of rotatable bonds is 10. The molecule has 0 saturated carbocycles. The summed E-state index contributed by atoms with van der Waals surface area (Å²) in [5.74, 6) is -0.389. The van der Waals surface area contributed by atoms with Gasteiger partial charge in [-0.2, -0.15) is 0 Å². The number of carbonyl (C=O) groups is 2. The maximum atomic E-state index is 13.4. The summed E-state index contributed by atoms with van der Waals surface area (Å²) in [6.07, 6.45) is 2.97. The van der Waals surface area contributed by atoms with Gasteiger partial charge in [0.2, 0.25) is 0 Å². The summed E-state index contributed by atoms with van der Waals surface area (Å²) in [6, 6.07) is 23.2. The van der Waals surface area contributed by atoms with Crippen LogP contribution in [0.4, 0.5) is 10.3 Å². The first-order valence-electron chi connectivity index (χ1n) is 13.5. The number of carboxylic acids is 1. The Morgan fingerprint density at radius 3 is 2.61 bits per heavy atom. The van der Waals surface area contributed by atoms with E-state index in [1.54, 1.807) is 0 Å². The Bertz CT molecular complexity index is 1670. The van der Waals surface area contributed by atoms with E-state index in [9.17, 15) is 14.7 Å². The number of hydrogen-bond donors (Lipinski definition) is 2. The molecule has 0 bridgehead atoms. The fourth-order valence-electron chi connectivity index (χ4n) is 4.95. The van der Waals surface area contributed by atoms with Crippen LogP contribution in [0.25, 0.3) is 10.2 Å². The second-order valence-corrected chi connectivity index (χ2v) is 11.8. The van der Waals surface area contributed by atoms with Crippen LogP contribution in [0.1, 0.15) is 49.7 Å². The van der Waals surface area contributed by atoms with Crippen LogP contribution in [-0.2, 0) is 19.4 Å². The van der Waals surface area contributed by atoms with Gasteiger partial charge in [-0.15, -0.1) is 11.3 Å². The molecule has 0 saturated heterocycles. The van der Waals surface area contributed by atoms with Crippen molar-refractivity contribution in [1.29, 1.82) is 0 Å². The Hall–Kier alpha value is -4.28. The van der Waals surface area contributed by atoms with Crippen LogP contribution in [0.5, 0.6) is 5.75 Å². The van der Waals surface area contributed by atoms with E-state index in [0.29, 0.717) is 41.9 Å². The standard InChI is InChI=1S/C31H28N4O4S2/c36-28(34-30-32-24-13-4-5-14-25(24)40-30)22-12-8-9-20-16-17-35(19-23(20)22)31-33-27(29(37)38)26(41-31)15-6-7-18-39-21-10-2-1-3-11-21/h1-5,8-14H,6-7,15-19H2,(H,37,38)(H,32,34,36). The molecule has 8 nitrogen and oxygen atoms in total. The van der Waals surface area contributed by atoms with E-state index in [1.165, 1.54) is 22.7 Å². The average Bonchev–Trinajstić information content (AvgIpc) is 3.61. The number of fused-ring (bicyclic) bond motifs is 2. The number of aryl methyl sites for hydroxylation is 1. The monoisotopic (exact) mass is 584 g/mol. The highest BCUT2D eigenvalue weighted by Crippen LogP contribution is 2.33. The second kappa shape index (κ2) is 12.1. The minimum Gasteiger partial charge on any atom is -0.494 e. The number of ether oxygens (including phenoxy) is 1. The third kappa shape index (κ3) is 6.08. The van der Waals surface area contributed by atoms with Crippen LogP contribution < -0.4 is 15.0 Å². The lowest BCUT2D eigenvalue weighted by atomic mass is 9.94. The highest BCUT2D eigenvalue weighted by Gasteiger charge is 2.26. The zero-order valence-corrected chi connectivity index (χ0v) is 23.8. The van der Waals surface area contributed by atoms with Gasteiger partial charge in [0.05, 0.1) is 16.8 Å². The summed E-state index contributed by atoms with van der Waals surface area (Å²) >= 11 is 2.87. The topological polar surface area (TPSA) is 105 Å². The van der Waals surface area contributed by atoms with Gasteiger partial charge >= 0.3 is 5.97 Å². The quantitative estimate of drug-likeness (QED) is 0.177. The molecule has 0 spiro atoms. The Balaban J connectivity index is 1.14. The number of carboxylic acid groups (broad SMARTS) is 1. The molecule has 41 heavy (non-hydrogen) atoms. The molecule has 10 heteroatoms. The van der Waals surface area contributed by atoms with E-state index >= 15 is 0 Å². The fraction of sp³-hybridized carbons (Fsp3) is 0.226. The van der Waals surface area contributed by atoms with Gasteiger partial charge in [-0.3, -0.25) is 10.1 Å². The molecule has 0 aliphatic carbocycles. The summed E-state index contributed by atoms with van der Waals surface area (Å²) in [7, 11) is 0. The van der Waals surface area contributed by atoms with Crippen molar-refractivity contribution < 1.29 is 19.4 Å². The molecule has 2 N–H and O–H groups in total. The van der Waals surface area contributed by atoms with Gasteiger partial charge in [0.15, 0.2) is 16.0 Å². The van der Waals surface area contributed by atoms with Crippen molar-refractivity contribution in [2.45, 2.75) is 32.2 Å². The van der Waals surface area contributed by atoms with Crippen molar-refractivity contribution in [2.24, 2.45) is 0 Å². The van der Waals surface area contributed by atoms with Crippen LogP contribution >= 0.6 is 22.7 Å². The van der Waals surface area contributed by atoms with Crippen LogP contribution in [0.2, 0.25) is 0 Å². The smallest absolute Gasteiger partial charge is 0.355 e. The average molecular weight is 585 g/mol. The molecule has 1 amide bonds. The summed E-state index contributed by atoms with van der Waals surface area (Å²) in [4.78, 5) is 37.3.